The van der Waals surface area contributed by atoms with Crippen LogP contribution in [-0.2, 0) is 17.8 Å². The number of amides is 1. The van der Waals surface area contributed by atoms with Crippen molar-refractivity contribution in [3.63, 3.8) is 0 Å². The first-order valence-corrected chi connectivity index (χ1v) is 8.49. The lowest BCUT2D eigenvalue weighted by Gasteiger charge is -2.07. The van der Waals surface area contributed by atoms with E-state index < -0.39 is 0 Å². The Morgan fingerprint density at radius 1 is 1.08 bits per heavy atom. The third kappa shape index (κ3) is 3.09. The lowest BCUT2D eigenvalue weighted by Crippen LogP contribution is -2.34. The molecule has 1 amide bonds. The number of nitrogens with one attached hydrogen (secondary N) is 2. The van der Waals surface area contributed by atoms with Crippen LogP contribution in [0.3, 0.4) is 0 Å². The molecule has 0 aliphatic heterocycles. The molecule has 0 atom stereocenters. The van der Waals surface area contributed by atoms with Gasteiger partial charge >= 0.3 is 0 Å². The first-order chi connectivity index (χ1) is 12.7. The number of aromatic nitrogens is 3. The van der Waals surface area contributed by atoms with Crippen LogP contribution in [0.5, 0.6) is 0 Å². The molecule has 0 spiro atoms. The Kier molecular flexibility index (Phi) is 4.23. The minimum atomic E-state index is -0.255. The fraction of sp³-hybridized carbons (Fsp3) is 0.150. The first kappa shape index (κ1) is 16.1. The van der Waals surface area contributed by atoms with Crippen LogP contribution in [0.1, 0.15) is 5.56 Å². The number of carbonyl (C=O) groups excluding carboxylic acids is 1. The van der Waals surface area contributed by atoms with Crippen molar-refractivity contribution in [3.8, 4) is 0 Å². The molecule has 6 nitrogen and oxygen atoms in total. The molecular weight excluding hydrogens is 328 g/mol. The van der Waals surface area contributed by atoms with Crippen LogP contribution in [-0.4, -0.2) is 27.2 Å². The number of carbonyl (C=O) groups is 1. The van der Waals surface area contributed by atoms with Crippen LogP contribution in [0.15, 0.2) is 65.7 Å². The van der Waals surface area contributed by atoms with E-state index in [9.17, 15) is 9.59 Å². The molecule has 0 aliphatic carbocycles. The third-order valence-corrected chi connectivity index (χ3v) is 4.45. The highest BCUT2D eigenvalue weighted by atomic mass is 16.2. The van der Waals surface area contributed by atoms with Gasteiger partial charge in [-0.15, -0.1) is 0 Å². The van der Waals surface area contributed by atoms with E-state index in [1.165, 1.54) is 4.68 Å². The second-order valence-corrected chi connectivity index (χ2v) is 6.15. The van der Waals surface area contributed by atoms with E-state index in [0.717, 1.165) is 28.3 Å². The zero-order valence-corrected chi connectivity index (χ0v) is 14.1. The average molecular weight is 346 g/mol. The van der Waals surface area contributed by atoms with Crippen molar-refractivity contribution in [3.05, 3.63) is 76.8 Å². The van der Waals surface area contributed by atoms with Gasteiger partial charge in [0.05, 0.1) is 11.6 Å². The largest absolute Gasteiger partial charge is 0.361 e. The quantitative estimate of drug-likeness (QED) is 0.582. The summed E-state index contributed by atoms with van der Waals surface area (Å²) in [6, 6.07) is 15.3. The molecule has 2 heterocycles. The van der Waals surface area contributed by atoms with E-state index in [1.54, 1.807) is 18.3 Å². The molecule has 2 aromatic carbocycles. The average Bonchev–Trinajstić information content (AvgIpc) is 3.08. The zero-order valence-electron chi connectivity index (χ0n) is 14.1. The van der Waals surface area contributed by atoms with Gasteiger partial charge in [0.2, 0.25) is 5.91 Å². The molecule has 0 saturated heterocycles. The predicted molar refractivity (Wildman–Crippen MR) is 101 cm³/mol. The van der Waals surface area contributed by atoms with Crippen molar-refractivity contribution in [2.24, 2.45) is 0 Å². The number of para-hydroxylation sites is 1. The maximum atomic E-state index is 12.4. The molecule has 26 heavy (non-hydrogen) atoms. The number of aromatic amines is 1. The molecule has 0 aliphatic rings. The standard InChI is InChI=1S/C20H18N4O2/c25-19(13-24-20(26)17-7-2-1-5-14(17)12-23-24)21-10-9-15-11-22-18-8-4-3-6-16(15)18/h1-8,11-12,22H,9-10,13H2,(H,21,25). The third-order valence-electron chi connectivity index (χ3n) is 4.45. The number of nitrogens with zero attached hydrogens (tertiary/aromatic N) is 2. The Bertz CT molecular complexity index is 1140. The molecule has 4 rings (SSSR count). The SMILES string of the molecule is O=C(Cn1ncc2ccccc2c1=O)NCCc1c[nH]c2ccccc12. The molecule has 0 fully saturated rings. The smallest absolute Gasteiger partial charge is 0.275 e. The van der Waals surface area contributed by atoms with Crippen molar-refractivity contribution < 1.29 is 4.79 Å². The number of rotatable bonds is 5. The van der Waals surface area contributed by atoms with Gasteiger partial charge in [0, 0.05) is 29.0 Å². The number of H-pyrrole nitrogens is 1. The van der Waals surface area contributed by atoms with Gasteiger partial charge < -0.3 is 10.3 Å². The Hall–Kier alpha value is -3.41. The summed E-state index contributed by atoms with van der Waals surface area (Å²) < 4.78 is 1.20. The number of fused-ring (bicyclic) bond motifs is 2. The van der Waals surface area contributed by atoms with Crippen LogP contribution in [0.2, 0.25) is 0 Å². The van der Waals surface area contributed by atoms with Crippen LogP contribution in [0.4, 0.5) is 0 Å². The fourth-order valence-electron chi connectivity index (χ4n) is 3.11. The van der Waals surface area contributed by atoms with E-state index >= 15 is 0 Å². The molecule has 2 N–H and O–H groups in total. The van der Waals surface area contributed by atoms with Crippen LogP contribution in [0.25, 0.3) is 21.7 Å². The normalized spacial score (nSPS) is 11.1. The minimum absolute atomic E-state index is 0.0858. The number of hydrogen-bond acceptors (Lipinski definition) is 3. The Morgan fingerprint density at radius 2 is 1.85 bits per heavy atom. The van der Waals surface area contributed by atoms with Gasteiger partial charge in [0.15, 0.2) is 0 Å². The topological polar surface area (TPSA) is 79.8 Å². The summed E-state index contributed by atoms with van der Waals surface area (Å²) in [5.41, 5.74) is 1.98. The maximum Gasteiger partial charge on any atom is 0.275 e. The molecular formula is C20H18N4O2. The van der Waals surface area contributed by atoms with Gasteiger partial charge in [-0.1, -0.05) is 36.4 Å². The van der Waals surface area contributed by atoms with Gasteiger partial charge in [-0.05, 0) is 24.1 Å². The highest BCUT2D eigenvalue weighted by molar-refractivity contribution is 5.83. The molecule has 130 valence electrons. The van der Waals surface area contributed by atoms with Gasteiger partial charge in [-0.2, -0.15) is 5.10 Å². The zero-order chi connectivity index (χ0) is 17.9. The Labute approximate surface area is 149 Å². The summed E-state index contributed by atoms with van der Waals surface area (Å²) in [6.07, 6.45) is 4.29. The van der Waals surface area contributed by atoms with Gasteiger partial charge in [0.25, 0.3) is 5.56 Å². The second kappa shape index (κ2) is 6.84. The highest BCUT2D eigenvalue weighted by Crippen LogP contribution is 2.17. The summed E-state index contributed by atoms with van der Waals surface area (Å²) in [4.78, 5) is 27.8. The first-order valence-electron chi connectivity index (χ1n) is 8.49. The van der Waals surface area contributed by atoms with Crippen LogP contribution in [0, 0.1) is 0 Å². The lowest BCUT2D eigenvalue weighted by atomic mass is 10.1. The van der Waals surface area contributed by atoms with Crippen molar-refractivity contribution >= 4 is 27.6 Å². The van der Waals surface area contributed by atoms with Crippen molar-refractivity contribution in [1.82, 2.24) is 20.1 Å². The van der Waals surface area contributed by atoms with Gasteiger partial charge in [-0.25, -0.2) is 4.68 Å². The predicted octanol–water partition coefficient (Wildman–Crippen LogP) is 2.24. The number of benzene rings is 2. The fourth-order valence-corrected chi connectivity index (χ4v) is 3.11. The summed E-state index contributed by atoms with van der Waals surface area (Å²) in [5.74, 6) is -0.227. The molecule has 2 aromatic heterocycles. The molecule has 0 unspecified atom stereocenters. The molecule has 0 bridgehead atoms. The van der Waals surface area contributed by atoms with Crippen molar-refractivity contribution in [1.29, 1.82) is 0 Å². The van der Waals surface area contributed by atoms with Gasteiger partial charge in [0.1, 0.15) is 6.54 Å². The minimum Gasteiger partial charge on any atom is -0.361 e. The summed E-state index contributed by atoms with van der Waals surface area (Å²) in [7, 11) is 0. The van der Waals surface area contributed by atoms with E-state index in [1.807, 2.05) is 36.5 Å². The molecule has 4 aromatic rings. The Morgan fingerprint density at radius 3 is 2.73 bits per heavy atom. The van der Waals surface area contributed by atoms with E-state index in [-0.39, 0.29) is 18.0 Å². The second-order valence-electron chi connectivity index (χ2n) is 6.15. The van der Waals surface area contributed by atoms with E-state index in [0.29, 0.717) is 11.9 Å². The molecule has 6 heteroatoms. The van der Waals surface area contributed by atoms with E-state index in [2.05, 4.69) is 21.5 Å². The van der Waals surface area contributed by atoms with E-state index in [4.69, 9.17) is 0 Å². The van der Waals surface area contributed by atoms with Crippen molar-refractivity contribution in [2.45, 2.75) is 13.0 Å². The summed E-state index contributed by atoms with van der Waals surface area (Å²) in [6.45, 7) is 0.417. The number of hydrogen-bond donors (Lipinski definition) is 2. The molecule has 0 saturated carbocycles. The van der Waals surface area contributed by atoms with Crippen molar-refractivity contribution in [2.75, 3.05) is 6.54 Å². The van der Waals surface area contributed by atoms with Gasteiger partial charge in [-0.3, -0.25) is 9.59 Å². The maximum absolute atomic E-state index is 12.4. The van der Waals surface area contributed by atoms with Crippen LogP contribution < -0.4 is 10.9 Å². The lowest BCUT2D eigenvalue weighted by molar-refractivity contribution is -0.121. The monoisotopic (exact) mass is 346 g/mol. The Balaban J connectivity index is 1.40. The summed E-state index contributed by atoms with van der Waals surface area (Å²) in [5, 5.41) is 9.44. The highest BCUT2D eigenvalue weighted by Gasteiger charge is 2.09. The van der Waals surface area contributed by atoms with Crippen LogP contribution >= 0.6 is 0 Å². The molecule has 0 radical (unpaired) electrons. The summed E-state index contributed by atoms with van der Waals surface area (Å²) >= 11 is 0.